The lowest BCUT2D eigenvalue weighted by atomic mass is 9.89. The molecular formula is C21H23NO4. The maximum atomic E-state index is 12.9. The molecule has 0 spiro atoms. The van der Waals surface area contributed by atoms with Crippen molar-refractivity contribution in [2.45, 2.75) is 32.8 Å². The molecule has 136 valence electrons. The van der Waals surface area contributed by atoms with Gasteiger partial charge < -0.3 is 14.7 Å². The first-order valence-corrected chi connectivity index (χ1v) is 8.66. The molecule has 0 aromatic heterocycles. The largest absolute Gasteiger partial charge is 0.492 e. The third-order valence-electron chi connectivity index (χ3n) is 4.63. The molecule has 1 atom stereocenters. The Kier molecular flexibility index (Phi) is 4.83. The second kappa shape index (κ2) is 6.92. The van der Waals surface area contributed by atoms with E-state index in [1.165, 1.54) is 11.8 Å². The van der Waals surface area contributed by atoms with Gasteiger partial charge in [0, 0.05) is 12.0 Å². The van der Waals surface area contributed by atoms with Gasteiger partial charge in [-0.1, -0.05) is 30.3 Å². The summed E-state index contributed by atoms with van der Waals surface area (Å²) in [7, 11) is 0. The lowest BCUT2D eigenvalue weighted by molar-refractivity contribution is -0.141. The number of amides is 1. The van der Waals surface area contributed by atoms with Gasteiger partial charge in [-0.3, -0.25) is 9.59 Å². The van der Waals surface area contributed by atoms with Crippen LogP contribution >= 0.6 is 0 Å². The van der Waals surface area contributed by atoms with Crippen LogP contribution in [0.25, 0.3) is 0 Å². The number of Topliss-reactive ketones (excluding diaryl/α,β-unsaturated/α-hetero) is 1. The predicted molar refractivity (Wildman–Crippen MR) is 99.4 cm³/mol. The van der Waals surface area contributed by atoms with Gasteiger partial charge in [-0.15, -0.1) is 0 Å². The molecule has 2 aromatic rings. The quantitative estimate of drug-likeness (QED) is 0.867. The summed E-state index contributed by atoms with van der Waals surface area (Å²) in [5.41, 5.74) is 1.35. The topological polar surface area (TPSA) is 66.8 Å². The summed E-state index contributed by atoms with van der Waals surface area (Å²) in [5, 5.41) is 11.0. The van der Waals surface area contributed by atoms with Crippen molar-refractivity contribution in [1.29, 1.82) is 0 Å². The van der Waals surface area contributed by atoms with Gasteiger partial charge in [0.05, 0.1) is 12.2 Å². The number of anilines is 1. The molecule has 1 aliphatic rings. The lowest BCUT2D eigenvalue weighted by Crippen LogP contribution is -2.43. The van der Waals surface area contributed by atoms with Crippen LogP contribution in [-0.4, -0.2) is 29.9 Å². The summed E-state index contributed by atoms with van der Waals surface area (Å²) < 4.78 is 5.76. The molecule has 0 aliphatic carbocycles. The zero-order chi connectivity index (χ0) is 18.9. The van der Waals surface area contributed by atoms with E-state index in [0.717, 1.165) is 16.9 Å². The first-order chi connectivity index (χ1) is 12.3. The number of para-hydroxylation sites is 1. The highest BCUT2D eigenvalue weighted by Gasteiger charge is 2.50. The Morgan fingerprint density at radius 1 is 1.19 bits per heavy atom. The Labute approximate surface area is 153 Å². The predicted octanol–water partition coefficient (Wildman–Crippen LogP) is 2.90. The van der Waals surface area contributed by atoms with Crippen LogP contribution in [0, 0.1) is 13.8 Å². The summed E-state index contributed by atoms with van der Waals surface area (Å²) in [6.07, 6.45) is -0.225. The van der Waals surface area contributed by atoms with Crippen LogP contribution < -0.4 is 9.64 Å². The van der Waals surface area contributed by atoms with Gasteiger partial charge in [0.25, 0.3) is 5.91 Å². The average Bonchev–Trinajstić information content (AvgIpc) is 2.77. The van der Waals surface area contributed by atoms with Crippen molar-refractivity contribution in [3.63, 3.8) is 0 Å². The molecule has 0 unspecified atom stereocenters. The zero-order valence-electron chi connectivity index (χ0n) is 15.3. The SMILES string of the molecule is CC(=O)C[C@@]1(O)C(=O)N(CCOc2cccc(C)c2)c2c(C)cccc21. The van der Waals surface area contributed by atoms with Crippen LogP contribution in [0.2, 0.25) is 0 Å². The molecule has 2 aromatic carbocycles. The highest BCUT2D eigenvalue weighted by atomic mass is 16.5. The standard InChI is InChI=1S/C21H23NO4/c1-14-6-4-8-17(12-14)26-11-10-22-19-15(2)7-5-9-18(19)21(25,20(22)24)13-16(3)23/h4-9,12,25H,10-11,13H2,1-3H3/t21-/m0/s1. The average molecular weight is 353 g/mol. The molecule has 0 saturated heterocycles. The van der Waals surface area contributed by atoms with Crippen LogP contribution in [0.4, 0.5) is 5.69 Å². The maximum Gasteiger partial charge on any atom is 0.264 e. The number of nitrogens with zero attached hydrogens (tertiary/aromatic N) is 1. The first kappa shape index (κ1) is 18.1. The second-order valence-corrected chi connectivity index (χ2v) is 6.83. The molecule has 1 N–H and O–H groups in total. The van der Waals surface area contributed by atoms with E-state index in [2.05, 4.69) is 0 Å². The molecule has 0 saturated carbocycles. The van der Waals surface area contributed by atoms with E-state index < -0.39 is 11.5 Å². The second-order valence-electron chi connectivity index (χ2n) is 6.83. The number of carbonyl (C=O) groups excluding carboxylic acids is 2. The number of fused-ring (bicyclic) bond motifs is 1. The minimum absolute atomic E-state index is 0.225. The summed E-state index contributed by atoms with van der Waals surface area (Å²) in [5.74, 6) is 0.0386. The fourth-order valence-corrected chi connectivity index (χ4v) is 3.50. The van der Waals surface area contributed by atoms with Crippen LogP contribution in [0.1, 0.15) is 30.0 Å². The van der Waals surface area contributed by atoms with Gasteiger partial charge in [-0.2, -0.15) is 0 Å². The minimum atomic E-state index is -1.80. The van der Waals surface area contributed by atoms with E-state index in [9.17, 15) is 14.7 Å². The Morgan fingerprint density at radius 2 is 1.92 bits per heavy atom. The molecule has 0 bridgehead atoms. The zero-order valence-corrected chi connectivity index (χ0v) is 15.3. The van der Waals surface area contributed by atoms with E-state index in [1.807, 2.05) is 44.2 Å². The Hall–Kier alpha value is -2.66. The number of benzene rings is 2. The monoisotopic (exact) mass is 353 g/mol. The Bertz CT molecular complexity index is 861. The molecule has 26 heavy (non-hydrogen) atoms. The Balaban J connectivity index is 1.83. The molecule has 1 heterocycles. The number of ether oxygens (including phenoxy) is 1. The van der Waals surface area contributed by atoms with Crippen molar-refractivity contribution in [3.8, 4) is 5.75 Å². The van der Waals surface area contributed by atoms with Gasteiger partial charge in [0.1, 0.15) is 18.1 Å². The maximum absolute atomic E-state index is 12.9. The van der Waals surface area contributed by atoms with Crippen LogP contribution in [0.3, 0.4) is 0 Å². The fraction of sp³-hybridized carbons (Fsp3) is 0.333. The third kappa shape index (κ3) is 3.22. The van der Waals surface area contributed by atoms with E-state index >= 15 is 0 Å². The van der Waals surface area contributed by atoms with Crippen molar-refractivity contribution in [1.82, 2.24) is 0 Å². The summed E-state index contributed by atoms with van der Waals surface area (Å²) >= 11 is 0. The first-order valence-electron chi connectivity index (χ1n) is 8.66. The number of carbonyl (C=O) groups is 2. The normalized spacial score (nSPS) is 18.8. The van der Waals surface area contributed by atoms with Gasteiger partial charge in [-0.25, -0.2) is 0 Å². The van der Waals surface area contributed by atoms with Gasteiger partial charge in [0.15, 0.2) is 5.60 Å². The van der Waals surface area contributed by atoms with Gasteiger partial charge >= 0.3 is 0 Å². The number of hydrogen-bond acceptors (Lipinski definition) is 4. The molecule has 1 amide bonds. The van der Waals surface area contributed by atoms with Crippen molar-refractivity contribution in [3.05, 3.63) is 59.2 Å². The van der Waals surface area contributed by atoms with Crippen LogP contribution in [-0.2, 0) is 15.2 Å². The number of aryl methyl sites for hydroxylation is 2. The lowest BCUT2D eigenvalue weighted by Gasteiger charge is -2.22. The smallest absolute Gasteiger partial charge is 0.264 e. The van der Waals surface area contributed by atoms with Crippen molar-refractivity contribution < 1.29 is 19.4 Å². The van der Waals surface area contributed by atoms with Crippen molar-refractivity contribution in [2.24, 2.45) is 0 Å². The third-order valence-corrected chi connectivity index (χ3v) is 4.63. The molecular weight excluding hydrogens is 330 g/mol. The molecule has 5 nitrogen and oxygen atoms in total. The molecule has 1 aliphatic heterocycles. The Morgan fingerprint density at radius 3 is 2.62 bits per heavy atom. The van der Waals surface area contributed by atoms with E-state index in [4.69, 9.17) is 4.74 Å². The van der Waals surface area contributed by atoms with Gasteiger partial charge in [0.2, 0.25) is 0 Å². The molecule has 3 rings (SSSR count). The number of aliphatic hydroxyl groups is 1. The molecule has 0 fully saturated rings. The fourth-order valence-electron chi connectivity index (χ4n) is 3.50. The molecule has 0 radical (unpaired) electrons. The van der Waals surface area contributed by atoms with Gasteiger partial charge in [-0.05, 0) is 44.0 Å². The number of rotatable bonds is 6. The van der Waals surface area contributed by atoms with Crippen molar-refractivity contribution >= 4 is 17.4 Å². The molecule has 5 heteroatoms. The minimum Gasteiger partial charge on any atom is -0.492 e. The van der Waals surface area contributed by atoms with E-state index in [0.29, 0.717) is 24.4 Å². The van der Waals surface area contributed by atoms with E-state index in [1.54, 1.807) is 12.1 Å². The van der Waals surface area contributed by atoms with Crippen LogP contribution in [0.15, 0.2) is 42.5 Å². The van der Waals surface area contributed by atoms with E-state index in [-0.39, 0.29) is 12.2 Å². The van der Waals surface area contributed by atoms with Crippen molar-refractivity contribution in [2.75, 3.05) is 18.1 Å². The van der Waals surface area contributed by atoms with Crippen LogP contribution in [0.5, 0.6) is 5.75 Å². The summed E-state index contributed by atoms with van der Waals surface area (Å²) in [6.45, 7) is 5.84. The summed E-state index contributed by atoms with van der Waals surface area (Å²) in [4.78, 5) is 26.1. The number of ketones is 1. The summed E-state index contributed by atoms with van der Waals surface area (Å²) in [6, 6.07) is 13.1. The highest BCUT2D eigenvalue weighted by Crippen LogP contribution is 2.44. The highest BCUT2D eigenvalue weighted by molar-refractivity contribution is 6.09. The number of hydrogen-bond donors (Lipinski definition) is 1.